The number of carbonyl (C=O) groups is 2. The number of ether oxygens (including phenoxy) is 3. The summed E-state index contributed by atoms with van der Waals surface area (Å²) in [5, 5.41) is 2.53. The largest absolute Gasteiger partial charge is 0.448 e. The molecule has 2 aliphatic heterocycles. The molecule has 0 aromatic heterocycles. The van der Waals surface area contributed by atoms with Crippen molar-refractivity contribution in [3.8, 4) is 0 Å². The average Bonchev–Trinajstić information content (AvgIpc) is 3.35. The standard InChI is InChI=1S/C26H24N2O5/c1-3-31-23(29)27-25(19-13-7-5-8-14-19)21-17-11-12-18-22(21)26(33-25,20-15-9-6-10-16-20)28(27)24(30)32-4-2/h5-18H,3-4H2,1-2H3/t25-,26+. The quantitative estimate of drug-likeness (QED) is 0.569. The van der Waals surface area contributed by atoms with Crippen LogP contribution in [0.3, 0.4) is 0 Å². The van der Waals surface area contributed by atoms with Crippen LogP contribution in [0.1, 0.15) is 36.1 Å². The van der Waals surface area contributed by atoms with Crippen LogP contribution in [0.15, 0.2) is 84.9 Å². The summed E-state index contributed by atoms with van der Waals surface area (Å²) >= 11 is 0. The molecule has 2 amide bonds. The van der Waals surface area contributed by atoms with Gasteiger partial charge >= 0.3 is 12.2 Å². The SMILES string of the molecule is CCOC(=O)N1N(C(=O)OCC)[C@@]2(c3ccccc3)O[C@]1(c1ccccc1)c1ccccc12. The van der Waals surface area contributed by atoms with Crippen LogP contribution in [0.2, 0.25) is 0 Å². The van der Waals surface area contributed by atoms with Crippen molar-refractivity contribution in [1.82, 2.24) is 10.0 Å². The highest BCUT2D eigenvalue weighted by Crippen LogP contribution is 2.63. The average molecular weight is 444 g/mol. The molecule has 5 rings (SSSR count). The summed E-state index contributed by atoms with van der Waals surface area (Å²) in [6.07, 6.45) is -1.41. The molecule has 2 heterocycles. The fourth-order valence-electron chi connectivity index (χ4n) is 4.79. The Morgan fingerprint density at radius 3 is 1.39 bits per heavy atom. The molecule has 168 valence electrons. The number of hydrogen-bond acceptors (Lipinski definition) is 5. The third-order valence-corrected chi connectivity index (χ3v) is 5.96. The molecule has 2 aliphatic rings. The Labute approximate surface area is 192 Å². The van der Waals surface area contributed by atoms with Crippen LogP contribution in [0, 0.1) is 0 Å². The highest BCUT2D eigenvalue weighted by atomic mass is 16.7. The Morgan fingerprint density at radius 1 is 0.667 bits per heavy atom. The van der Waals surface area contributed by atoms with Crippen molar-refractivity contribution in [3.63, 3.8) is 0 Å². The second-order valence-electron chi connectivity index (χ2n) is 7.69. The topological polar surface area (TPSA) is 68.3 Å². The van der Waals surface area contributed by atoms with Crippen molar-refractivity contribution in [2.75, 3.05) is 13.2 Å². The Bertz CT molecular complexity index is 1090. The van der Waals surface area contributed by atoms with Crippen molar-refractivity contribution in [1.29, 1.82) is 0 Å². The fraction of sp³-hybridized carbons (Fsp3) is 0.231. The lowest BCUT2D eigenvalue weighted by Gasteiger charge is -2.43. The van der Waals surface area contributed by atoms with E-state index in [4.69, 9.17) is 14.2 Å². The van der Waals surface area contributed by atoms with Gasteiger partial charge in [-0.25, -0.2) is 9.59 Å². The first kappa shape index (κ1) is 21.0. The second kappa shape index (κ2) is 7.94. The summed E-state index contributed by atoms with van der Waals surface area (Å²) in [5.74, 6) is 0. The van der Waals surface area contributed by atoms with E-state index in [-0.39, 0.29) is 13.2 Å². The maximum atomic E-state index is 13.5. The highest BCUT2D eigenvalue weighted by Gasteiger charge is 2.73. The summed E-state index contributed by atoms with van der Waals surface area (Å²) < 4.78 is 17.8. The monoisotopic (exact) mass is 444 g/mol. The van der Waals surface area contributed by atoms with Gasteiger partial charge in [0.05, 0.1) is 13.2 Å². The predicted octanol–water partition coefficient (Wildman–Crippen LogP) is 4.96. The van der Waals surface area contributed by atoms with E-state index in [2.05, 4.69) is 0 Å². The number of hydrogen-bond donors (Lipinski definition) is 0. The molecule has 2 bridgehead atoms. The van der Waals surface area contributed by atoms with E-state index in [0.29, 0.717) is 11.1 Å². The first-order valence-corrected chi connectivity index (χ1v) is 11.0. The van der Waals surface area contributed by atoms with Gasteiger partial charge in [-0.1, -0.05) is 84.9 Å². The van der Waals surface area contributed by atoms with Gasteiger partial charge in [-0.05, 0) is 13.8 Å². The number of nitrogens with zero attached hydrogens (tertiary/aromatic N) is 2. The van der Waals surface area contributed by atoms with E-state index in [1.165, 1.54) is 10.0 Å². The second-order valence-corrected chi connectivity index (χ2v) is 7.69. The molecule has 3 aromatic carbocycles. The molecular formula is C26H24N2O5. The molecule has 7 nitrogen and oxygen atoms in total. The Balaban J connectivity index is 1.88. The van der Waals surface area contributed by atoms with Crippen LogP contribution in [-0.4, -0.2) is 35.4 Å². The fourth-order valence-corrected chi connectivity index (χ4v) is 4.79. The van der Waals surface area contributed by atoms with Crippen LogP contribution in [-0.2, 0) is 25.7 Å². The zero-order valence-corrected chi connectivity index (χ0v) is 18.4. The van der Waals surface area contributed by atoms with Crippen LogP contribution in [0.4, 0.5) is 9.59 Å². The zero-order valence-electron chi connectivity index (χ0n) is 18.4. The van der Waals surface area contributed by atoms with Crippen LogP contribution in [0.25, 0.3) is 0 Å². The third kappa shape index (κ3) is 2.79. The van der Waals surface area contributed by atoms with Crippen LogP contribution in [0.5, 0.6) is 0 Å². The zero-order chi connectivity index (χ0) is 23.1. The molecule has 33 heavy (non-hydrogen) atoms. The summed E-state index contributed by atoms with van der Waals surface area (Å²) in [6, 6.07) is 26.4. The number of fused-ring (bicyclic) bond motifs is 5. The molecule has 0 saturated carbocycles. The van der Waals surface area contributed by atoms with Crippen molar-refractivity contribution in [2.45, 2.75) is 25.3 Å². The van der Waals surface area contributed by atoms with Gasteiger partial charge in [0.15, 0.2) is 0 Å². The molecular weight excluding hydrogens is 420 g/mol. The van der Waals surface area contributed by atoms with Crippen LogP contribution >= 0.6 is 0 Å². The maximum absolute atomic E-state index is 13.5. The van der Waals surface area contributed by atoms with Gasteiger partial charge in [-0.2, -0.15) is 10.0 Å². The highest BCUT2D eigenvalue weighted by molar-refractivity contribution is 5.80. The van der Waals surface area contributed by atoms with Crippen molar-refractivity contribution >= 4 is 12.2 Å². The normalized spacial score (nSPS) is 22.7. The molecule has 1 saturated heterocycles. The number of amides is 2. The number of hydrazine groups is 1. The van der Waals surface area contributed by atoms with Gasteiger partial charge in [0, 0.05) is 22.3 Å². The molecule has 1 fully saturated rings. The lowest BCUT2D eigenvalue weighted by Crippen LogP contribution is -2.60. The van der Waals surface area contributed by atoms with Gasteiger partial charge in [0.1, 0.15) is 0 Å². The van der Waals surface area contributed by atoms with Gasteiger partial charge in [0.25, 0.3) is 0 Å². The lowest BCUT2D eigenvalue weighted by molar-refractivity contribution is -0.0808. The van der Waals surface area contributed by atoms with Gasteiger partial charge in [-0.3, -0.25) is 0 Å². The van der Waals surface area contributed by atoms with Gasteiger partial charge in [0.2, 0.25) is 11.4 Å². The number of rotatable bonds is 4. The Kier molecular flexibility index (Phi) is 5.06. The summed E-state index contributed by atoms with van der Waals surface area (Å²) in [5.41, 5.74) is 0.0481. The first-order chi connectivity index (χ1) is 16.1. The van der Waals surface area contributed by atoms with Gasteiger partial charge < -0.3 is 14.2 Å². The minimum absolute atomic E-state index is 0.136. The molecule has 0 radical (unpaired) electrons. The van der Waals surface area contributed by atoms with Crippen molar-refractivity contribution < 1.29 is 23.8 Å². The smallest absolute Gasteiger partial charge is 0.432 e. The first-order valence-electron chi connectivity index (χ1n) is 11.0. The summed E-state index contributed by atoms with van der Waals surface area (Å²) in [7, 11) is 0. The van der Waals surface area contributed by atoms with E-state index in [9.17, 15) is 9.59 Å². The lowest BCUT2D eigenvalue weighted by atomic mass is 9.85. The minimum Gasteiger partial charge on any atom is -0.448 e. The van der Waals surface area contributed by atoms with E-state index < -0.39 is 23.6 Å². The molecule has 0 unspecified atom stereocenters. The maximum Gasteiger partial charge on any atom is 0.432 e. The van der Waals surface area contributed by atoms with Crippen molar-refractivity contribution in [3.05, 3.63) is 107 Å². The van der Waals surface area contributed by atoms with E-state index >= 15 is 0 Å². The molecule has 0 N–H and O–H groups in total. The van der Waals surface area contributed by atoms with E-state index in [1.807, 2.05) is 84.9 Å². The molecule has 7 heteroatoms. The number of carbonyl (C=O) groups excluding carboxylic acids is 2. The van der Waals surface area contributed by atoms with Gasteiger partial charge in [-0.15, -0.1) is 0 Å². The van der Waals surface area contributed by atoms with Crippen molar-refractivity contribution in [2.24, 2.45) is 0 Å². The Hall–Kier alpha value is -3.84. The van der Waals surface area contributed by atoms with E-state index in [1.54, 1.807) is 13.8 Å². The predicted molar refractivity (Wildman–Crippen MR) is 120 cm³/mol. The summed E-state index contributed by atoms with van der Waals surface area (Å²) in [6.45, 7) is 3.71. The van der Waals surface area contributed by atoms with Crippen LogP contribution < -0.4 is 0 Å². The van der Waals surface area contributed by atoms with E-state index in [0.717, 1.165) is 11.1 Å². The Morgan fingerprint density at radius 2 is 1.03 bits per heavy atom. The number of benzene rings is 3. The molecule has 0 aliphatic carbocycles. The summed E-state index contributed by atoms with van der Waals surface area (Å²) in [4.78, 5) is 27.0. The molecule has 2 atom stereocenters. The minimum atomic E-state index is -1.42. The molecule has 3 aromatic rings. The molecule has 0 spiro atoms. The third-order valence-electron chi connectivity index (χ3n) is 5.96.